The lowest BCUT2D eigenvalue weighted by Crippen LogP contribution is -2.29. The van der Waals surface area contributed by atoms with Gasteiger partial charge in [0.05, 0.1) is 0 Å². The molecule has 0 saturated heterocycles. The van der Waals surface area contributed by atoms with E-state index in [2.05, 4.69) is 10.8 Å². The number of rotatable bonds is 6. The molecule has 1 heteroatoms. The Morgan fingerprint density at radius 3 is 2.00 bits per heavy atom. The smallest absolute Gasteiger partial charge is 0.0214 e. The Labute approximate surface area is 81.5 Å². The molecule has 0 bridgehead atoms. The van der Waals surface area contributed by atoms with Crippen LogP contribution in [0.4, 0.5) is 0 Å². The van der Waals surface area contributed by atoms with E-state index < -0.39 is 0 Å². The molecule has 0 aromatic carbocycles. The summed E-state index contributed by atoms with van der Waals surface area (Å²) < 4.78 is 0. The molecule has 1 nitrogen and oxygen atoms in total. The van der Waals surface area contributed by atoms with Gasteiger partial charge in [0, 0.05) is 26.1 Å². The van der Waals surface area contributed by atoms with Crippen LogP contribution in [-0.4, -0.2) is 24.5 Å². The van der Waals surface area contributed by atoms with E-state index in [-0.39, 0.29) is 0 Å². The van der Waals surface area contributed by atoms with Gasteiger partial charge in [-0.3, -0.25) is 0 Å². The Kier molecular flexibility index (Phi) is 2.90. The normalized spacial score (nSPS) is 21.8. The molecular weight excluding hydrogens is 158 g/mol. The predicted octanol–water partition coefficient (Wildman–Crippen LogP) is 2.13. The first-order chi connectivity index (χ1) is 6.38. The quantitative estimate of drug-likeness (QED) is 0.562. The molecule has 0 heterocycles. The molecule has 0 radical (unpaired) electrons. The van der Waals surface area contributed by atoms with Crippen molar-refractivity contribution in [2.75, 3.05) is 19.6 Å². The molecule has 13 heavy (non-hydrogen) atoms. The maximum absolute atomic E-state index is 5.29. The van der Waals surface area contributed by atoms with E-state index in [9.17, 15) is 0 Å². The third-order valence-electron chi connectivity index (χ3n) is 3.00. The molecule has 0 N–H and O–H groups in total. The first kappa shape index (κ1) is 9.09. The highest BCUT2D eigenvalue weighted by Gasteiger charge is 2.28. The van der Waals surface area contributed by atoms with Gasteiger partial charge in [-0.2, -0.15) is 0 Å². The molecule has 2 rings (SSSR count). The molecule has 2 fully saturated rings. The maximum Gasteiger partial charge on any atom is 0.0214 e. The summed E-state index contributed by atoms with van der Waals surface area (Å²) in [7, 11) is 0. The summed E-state index contributed by atoms with van der Waals surface area (Å²) in [5, 5.41) is 0. The van der Waals surface area contributed by atoms with E-state index >= 15 is 0 Å². The van der Waals surface area contributed by atoms with Gasteiger partial charge >= 0.3 is 0 Å². The lowest BCUT2D eigenvalue weighted by molar-refractivity contribution is 0.258. The van der Waals surface area contributed by atoms with Gasteiger partial charge in [0.15, 0.2) is 0 Å². The van der Waals surface area contributed by atoms with Crippen molar-refractivity contribution in [1.29, 1.82) is 0 Å². The number of nitrogens with zero attached hydrogens (tertiary/aromatic N) is 1. The van der Waals surface area contributed by atoms with Crippen LogP contribution in [0.5, 0.6) is 0 Å². The van der Waals surface area contributed by atoms with Gasteiger partial charge in [-0.05, 0) is 37.5 Å². The summed E-state index contributed by atoms with van der Waals surface area (Å²) in [6.07, 6.45) is 12.0. The van der Waals surface area contributed by atoms with Crippen molar-refractivity contribution in [3.05, 3.63) is 0 Å². The van der Waals surface area contributed by atoms with Gasteiger partial charge in [-0.15, -0.1) is 12.3 Å². The molecule has 0 amide bonds. The fourth-order valence-electron chi connectivity index (χ4n) is 1.81. The van der Waals surface area contributed by atoms with Crippen LogP contribution in [0.1, 0.15) is 32.1 Å². The average Bonchev–Trinajstić information content (AvgIpc) is 2.94. The lowest BCUT2D eigenvalue weighted by atomic mass is 10.3. The summed E-state index contributed by atoms with van der Waals surface area (Å²) in [6.45, 7) is 3.76. The van der Waals surface area contributed by atoms with Crippen molar-refractivity contribution in [2.24, 2.45) is 11.8 Å². The molecule has 2 aliphatic rings. The number of hydrogen-bond acceptors (Lipinski definition) is 1. The fraction of sp³-hybridized carbons (Fsp3) is 0.833. The van der Waals surface area contributed by atoms with Crippen molar-refractivity contribution >= 4 is 0 Å². The zero-order valence-electron chi connectivity index (χ0n) is 8.34. The molecule has 0 unspecified atom stereocenters. The topological polar surface area (TPSA) is 3.24 Å². The van der Waals surface area contributed by atoms with Gasteiger partial charge < -0.3 is 4.90 Å². The first-order valence-electron chi connectivity index (χ1n) is 5.54. The number of hydrogen-bond donors (Lipinski definition) is 0. The Balaban J connectivity index is 1.68. The van der Waals surface area contributed by atoms with Gasteiger partial charge in [0.25, 0.3) is 0 Å². The van der Waals surface area contributed by atoms with Crippen molar-refractivity contribution < 1.29 is 0 Å². The predicted molar refractivity (Wildman–Crippen MR) is 55.3 cm³/mol. The monoisotopic (exact) mass is 177 g/mol. The molecule has 0 atom stereocenters. The van der Waals surface area contributed by atoms with Crippen LogP contribution < -0.4 is 0 Å². The molecule has 0 aliphatic heterocycles. The highest BCUT2D eigenvalue weighted by atomic mass is 15.1. The molecular formula is C12H19N. The van der Waals surface area contributed by atoms with Crippen LogP contribution in [0, 0.1) is 24.2 Å². The summed E-state index contributed by atoms with van der Waals surface area (Å²) in [5.41, 5.74) is 0. The molecule has 0 aromatic heterocycles. The minimum Gasteiger partial charge on any atom is -0.302 e. The fourth-order valence-corrected chi connectivity index (χ4v) is 1.81. The SMILES string of the molecule is C#CCCN(CC1CC1)CC1CC1. The molecule has 0 aromatic rings. The zero-order valence-corrected chi connectivity index (χ0v) is 8.34. The van der Waals surface area contributed by atoms with Crippen LogP contribution in [0.25, 0.3) is 0 Å². The van der Waals surface area contributed by atoms with Crippen LogP contribution in [0.3, 0.4) is 0 Å². The van der Waals surface area contributed by atoms with E-state index in [1.54, 1.807) is 0 Å². The van der Waals surface area contributed by atoms with E-state index in [0.717, 1.165) is 24.8 Å². The molecule has 2 saturated carbocycles. The standard InChI is InChI=1S/C12H19N/c1-2-3-8-13(9-11-4-5-11)10-12-6-7-12/h1,11-12H,3-10H2. The third kappa shape index (κ3) is 3.40. The second kappa shape index (κ2) is 4.15. The Bertz CT molecular complexity index is 182. The first-order valence-corrected chi connectivity index (χ1v) is 5.54. The van der Waals surface area contributed by atoms with Crippen molar-refractivity contribution in [3.8, 4) is 12.3 Å². The van der Waals surface area contributed by atoms with Crippen LogP contribution in [0.15, 0.2) is 0 Å². The summed E-state index contributed by atoms with van der Waals surface area (Å²) >= 11 is 0. The van der Waals surface area contributed by atoms with E-state index in [1.165, 1.54) is 38.8 Å². The van der Waals surface area contributed by atoms with E-state index in [0.29, 0.717) is 0 Å². The minimum absolute atomic E-state index is 0.930. The van der Waals surface area contributed by atoms with Gasteiger partial charge in [0.2, 0.25) is 0 Å². The maximum atomic E-state index is 5.29. The Hall–Kier alpha value is -0.480. The van der Waals surface area contributed by atoms with Gasteiger partial charge in [0.1, 0.15) is 0 Å². The second-order valence-electron chi connectivity index (χ2n) is 4.60. The average molecular weight is 177 g/mol. The van der Waals surface area contributed by atoms with Crippen LogP contribution in [0.2, 0.25) is 0 Å². The van der Waals surface area contributed by atoms with E-state index in [4.69, 9.17) is 6.42 Å². The third-order valence-corrected chi connectivity index (χ3v) is 3.00. The zero-order chi connectivity index (χ0) is 9.10. The van der Waals surface area contributed by atoms with Crippen LogP contribution in [-0.2, 0) is 0 Å². The summed E-state index contributed by atoms with van der Waals surface area (Å²) in [6, 6.07) is 0. The molecule has 2 aliphatic carbocycles. The van der Waals surface area contributed by atoms with Gasteiger partial charge in [-0.1, -0.05) is 0 Å². The molecule has 0 spiro atoms. The van der Waals surface area contributed by atoms with Gasteiger partial charge in [-0.25, -0.2) is 0 Å². The van der Waals surface area contributed by atoms with Crippen molar-refractivity contribution in [3.63, 3.8) is 0 Å². The Morgan fingerprint density at radius 1 is 1.08 bits per heavy atom. The van der Waals surface area contributed by atoms with Crippen LogP contribution >= 0.6 is 0 Å². The minimum atomic E-state index is 0.930. The summed E-state index contributed by atoms with van der Waals surface area (Å²) in [5.74, 6) is 4.77. The van der Waals surface area contributed by atoms with E-state index in [1.807, 2.05) is 0 Å². The second-order valence-corrected chi connectivity index (χ2v) is 4.60. The van der Waals surface area contributed by atoms with Crippen molar-refractivity contribution in [1.82, 2.24) is 4.90 Å². The lowest BCUT2D eigenvalue weighted by Gasteiger charge is -2.20. The molecule has 72 valence electrons. The summed E-state index contributed by atoms with van der Waals surface area (Å²) in [4.78, 5) is 2.59. The highest BCUT2D eigenvalue weighted by Crippen LogP contribution is 2.33. The largest absolute Gasteiger partial charge is 0.302 e. The highest BCUT2D eigenvalue weighted by molar-refractivity contribution is 4.87. The van der Waals surface area contributed by atoms with Crippen molar-refractivity contribution in [2.45, 2.75) is 32.1 Å². The number of terminal acetylenes is 1. The Morgan fingerprint density at radius 2 is 1.62 bits per heavy atom.